The van der Waals surface area contributed by atoms with E-state index in [1.165, 1.54) is 49.7 Å². The molecule has 0 fully saturated rings. The monoisotopic (exact) mass is 292 g/mol. The third-order valence-corrected chi connectivity index (χ3v) is 4.94. The highest BCUT2D eigenvalue weighted by atomic mass is 14.3. The Labute approximate surface area is 136 Å². The summed E-state index contributed by atoms with van der Waals surface area (Å²) in [4.78, 5) is 0. The Bertz CT molecular complexity index is 1060. The average molecular weight is 292 g/mol. The number of fused-ring (bicyclic) bond motifs is 3. The molecule has 0 N–H and O–H groups in total. The van der Waals surface area contributed by atoms with Crippen LogP contribution in [0.2, 0.25) is 0 Å². The fraction of sp³-hybridized carbons (Fsp3) is 0.0435. The van der Waals surface area contributed by atoms with Gasteiger partial charge in [-0.3, -0.25) is 0 Å². The number of benzene rings is 4. The Morgan fingerprint density at radius 3 is 2.09 bits per heavy atom. The van der Waals surface area contributed by atoms with Crippen molar-refractivity contribution in [3.63, 3.8) is 0 Å². The van der Waals surface area contributed by atoms with E-state index in [2.05, 4.69) is 85.8 Å². The van der Waals surface area contributed by atoms with E-state index in [1.54, 1.807) is 0 Å². The van der Waals surface area contributed by atoms with Crippen LogP contribution in [0.4, 0.5) is 0 Å². The van der Waals surface area contributed by atoms with Gasteiger partial charge in [0.05, 0.1) is 0 Å². The van der Waals surface area contributed by atoms with Gasteiger partial charge >= 0.3 is 0 Å². The number of hydrogen-bond donors (Lipinski definition) is 0. The average Bonchev–Trinajstić information content (AvgIpc) is 2.95. The highest BCUT2D eigenvalue weighted by Crippen LogP contribution is 2.51. The van der Waals surface area contributed by atoms with Crippen LogP contribution in [0.25, 0.3) is 44.2 Å². The molecule has 4 aromatic carbocycles. The molecule has 0 heteroatoms. The van der Waals surface area contributed by atoms with Crippen LogP contribution in [0.3, 0.4) is 0 Å². The minimum atomic E-state index is 1.29. The number of aryl methyl sites for hydroxylation is 1. The molecule has 108 valence electrons. The summed E-state index contributed by atoms with van der Waals surface area (Å²) in [5.41, 5.74) is 9.45. The lowest BCUT2D eigenvalue weighted by molar-refractivity contribution is 1.52. The topological polar surface area (TPSA) is 0 Å². The van der Waals surface area contributed by atoms with Crippen LogP contribution in [0.15, 0.2) is 78.9 Å². The van der Waals surface area contributed by atoms with Gasteiger partial charge in [-0.15, -0.1) is 0 Å². The molecule has 0 amide bonds. The molecule has 1 aliphatic rings. The maximum absolute atomic E-state index is 2.35. The molecular weight excluding hydrogens is 276 g/mol. The number of hydrogen-bond acceptors (Lipinski definition) is 0. The van der Waals surface area contributed by atoms with Gasteiger partial charge in [-0.05, 0) is 56.6 Å². The zero-order valence-corrected chi connectivity index (χ0v) is 13.0. The van der Waals surface area contributed by atoms with Crippen molar-refractivity contribution in [2.24, 2.45) is 0 Å². The summed E-state index contributed by atoms with van der Waals surface area (Å²) < 4.78 is 0. The van der Waals surface area contributed by atoms with Crippen molar-refractivity contribution in [1.29, 1.82) is 0 Å². The molecule has 0 bridgehead atoms. The second kappa shape index (κ2) is 4.57. The van der Waals surface area contributed by atoms with Gasteiger partial charge in [-0.2, -0.15) is 0 Å². The molecule has 0 spiro atoms. The maximum atomic E-state index is 2.35. The lowest BCUT2D eigenvalue weighted by atomic mass is 9.90. The van der Waals surface area contributed by atoms with E-state index in [0.717, 1.165) is 0 Å². The fourth-order valence-corrected chi connectivity index (χ4v) is 3.94. The normalized spacial score (nSPS) is 11.7. The molecule has 0 aliphatic heterocycles. The molecule has 23 heavy (non-hydrogen) atoms. The molecule has 5 rings (SSSR count). The van der Waals surface area contributed by atoms with Crippen molar-refractivity contribution in [3.05, 3.63) is 84.4 Å². The van der Waals surface area contributed by atoms with E-state index in [4.69, 9.17) is 0 Å². The van der Waals surface area contributed by atoms with E-state index in [9.17, 15) is 0 Å². The Morgan fingerprint density at radius 1 is 0.565 bits per heavy atom. The standard InChI is InChI=1S/C23H16/c1-15-14-21(16-8-3-2-4-9-16)23-19-11-6-5-10-18(19)20-13-7-12-17(15)22(20)23/h2-14H,1H3. The van der Waals surface area contributed by atoms with Crippen molar-refractivity contribution < 1.29 is 0 Å². The molecule has 0 saturated carbocycles. The van der Waals surface area contributed by atoms with Gasteiger partial charge in [-0.1, -0.05) is 78.9 Å². The van der Waals surface area contributed by atoms with Gasteiger partial charge in [0.25, 0.3) is 0 Å². The minimum Gasteiger partial charge on any atom is -0.0622 e. The van der Waals surface area contributed by atoms with Crippen LogP contribution in [-0.4, -0.2) is 0 Å². The molecule has 1 aliphatic carbocycles. The Hall–Kier alpha value is -2.86. The predicted molar refractivity (Wildman–Crippen MR) is 98.6 cm³/mol. The zero-order chi connectivity index (χ0) is 15.4. The first-order valence-electron chi connectivity index (χ1n) is 8.06. The molecule has 0 nitrogen and oxygen atoms in total. The number of rotatable bonds is 1. The molecule has 0 radical (unpaired) electrons. The van der Waals surface area contributed by atoms with Crippen molar-refractivity contribution in [2.45, 2.75) is 6.92 Å². The summed E-state index contributed by atoms with van der Waals surface area (Å²) in [7, 11) is 0. The summed E-state index contributed by atoms with van der Waals surface area (Å²) in [6.45, 7) is 2.22. The van der Waals surface area contributed by atoms with Crippen LogP contribution in [0, 0.1) is 6.92 Å². The predicted octanol–water partition coefficient (Wildman–Crippen LogP) is 6.46. The van der Waals surface area contributed by atoms with Crippen LogP contribution in [0.5, 0.6) is 0 Å². The van der Waals surface area contributed by atoms with Crippen LogP contribution in [-0.2, 0) is 0 Å². The van der Waals surface area contributed by atoms with Gasteiger partial charge in [0, 0.05) is 0 Å². The van der Waals surface area contributed by atoms with E-state index >= 15 is 0 Å². The lowest BCUT2D eigenvalue weighted by Gasteiger charge is -2.13. The summed E-state index contributed by atoms with van der Waals surface area (Å²) in [6.07, 6.45) is 0. The van der Waals surface area contributed by atoms with Crippen molar-refractivity contribution >= 4 is 10.8 Å². The molecule has 0 heterocycles. The van der Waals surface area contributed by atoms with Gasteiger partial charge < -0.3 is 0 Å². The second-order valence-electron chi connectivity index (χ2n) is 6.26. The largest absolute Gasteiger partial charge is 0.0622 e. The smallest absolute Gasteiger partial charge is 0.00141 e. The fourth-order valence-electron chi connectivity index (χ4n) is 3.94. The third kappa shape index (κ3) is 1.66. The minimum absolute atomic E-state index is 1.29. The maximum Gasteiger partial charge on any atom is -0.00141 e. The van der Waals surface area contributed by atoms with E-state index in [0.29, 0.717) is 0 Å². The zero-order valence-electron chi connectivity index (χ0n) is 13.0. The quantitative estimate of drug-likeness (QED) is 0.332. The van der Waals surface area contributed by atoms with Crippen LogP contribution in [0.1, 0.15) is 5.56 Å². The van der Waals surface area contributed by atoms with Crippen molar-refractivity contribution in [3.8, 4) is 33.4 Å². The summed E-state index contributed by atoms with van der Waals surface area (Å²) >= 11 is 0. The van der Waals surface area contributed by atoms with Gasteiger partial charge in [0.2, 0.25) is 0 Å². The molecule has 0 unspecified atom stereocenters. The Morgan fingerprint density at radius 2 is 1.26 bits per heavy atom. The highest BCUT2D eigenvalue weighted by Gasteiger charge is 2.24. The summed E-state index contributed by atoms with van der Waals surface area (Å²) in [5, 5.41) is 2.78. The van der Waals surface area contributed by atoms with Crippen LogP contribution >= 0.6 is 0 Å². The third-order valence-electron chi connectivity index (χ3n) is 4.94. The molecule has 4 aromatic rings. The first-order chi connectivity index (χ1) is 11.3. The molecule has 0 saturated heterocycles. The van der Waals surface area contributed by atoms with E-state index in [1.807, 2.05) is 0 Å². The summed E-state index contributed by atoms with van der Waals surface area (Å²) in [6, 6.07) is 28.5. The molecular formula is C23H16. The second-order valence-corrected chi connectivity index (χ2v) is 6.26. The van der Waals surface area contributed by atoms with Crippen molar-refractivity contribution in [1.82, 2.24) is 0 Å². The van der Waals surface area contributed by atoms with E-state index in [-0.39, 0.29) is 0 Å². The van der Waals surface area contributed by atoms with Crippen LogP contribution < -0.4 is 0 Å². The van der Waals surface area contributed by atoms with Gasteiger partial charge in [0.15, 0.2) is 0 Å². The van der Waals surface area contributed by atoms with E-state index < -0.39 is 0 Å². The SMILES string of the molecule is Cc1cc(-c2ccccc2)c2c3c(cccc13)-c1ccccc1-2. The summed E-state index contributed by atoms with van der Waals surface area (Å²) in [5.74, 6) is 0. The Balaban J connectivity index is 2.01. The highest BCUT2D eigenvalue weighted by molar-refractivity contribution is 6.19. The van der Waals surface area contributed by atoms with Crippen molar-refractivity contribution in [2.75, 3.05) is 0 Å². The molecule has 0 atom stereocenters. The first-order valence-corrected chi connectivity index (χ1v) is 8.06. The first kappa shape index (κ1) is 12.7. The Kier molecular flexibility index (Phi) is 2.51. The molecule has 0 aromatic heterocycles. The lowest BCUT2D eigenvalue weighted by Crippen LogP contribution is -1.87. The van der Waals surface area contributed by atoms with Gasteiger partial charge in [0.1, 0.15) is 0 Å². The van der Waals surface area contributed by atoms with Gasteiger partial charge in [-0.25, -0.2) is 0 Å².